The van der Waals surface area contributed by atoms with Gasteiger partial charge in [0.1, 0.15) is 6.04 Å². The quantitative estimate of drug-likeness (QED) is 0.584. The smallest absolute Gasteiger partial charge is 0.328 e. The molecule has 2 amide bonds. The molecule has 1 aliphatic heterocycles. The van der Waals surface area contributed by atoms with Crippen molar-refractivity contribution in [3.8, 4) is 0 Å². The van der Waals surface area contributed by atoms with Gasteiger partial charge in [-0.15, -0.1) is 0 Å². The third-order valence-electron chi connectivity index (χ3n) is 4.89. The van der Waals surface area contributed by atoms with E-state index in [0.29, 0.717) is 18.8 Å². The summed E-state index contributed by atoms with van der Waals surface area (Å²) in [6.07, 6.45) is 4.59. The van der Waals surface area contributed by atoms with Crippen molar-refractivity contribution in [2.24, 2.45) is 17.6 Å². The third kappa shape index (κ3) is 5.19. The lowest BCUT2D eigenvalue weighted by Gasteiger charge is -2.36. The Bertz CT molecular complexity index is 502. The van der Waals surface area contributed by atoms with E-state index < -0.39 is 18.1 Å². The van der Waals surface area contributed by atoms with E-state index in [1.807, 2.05) is 13.8 Å². The number of nitrogens with two attached hydrogens (primary N) is 1. The molecule has 1 unspecified atom stereocenters. The zero-order valence-electron chi connectivity index (χ0n) is 14.8. The van der Waals surface area contributed by atoms with Gasteiger partial charge in [-0.1, -0.05) is 12.8 Å². The highest BCUT2D eigenvalue weighted by atomic mass is 16.5. The highest BCUT2D eigenvalue weighted by Crippen LogP contribution is 2.33. The number of amides is 2. The summed E-state index contributed by atoms with van der Waals surface area (Å²) in [6.45, 7) is 3.94. The molecule has 1 saturated heterocycles. The highest BCUT2D eigenvalue weighted by molar-refractivity contribution is 5.88. The first-order valence-corrected chi connectivity index (χ1v) is 8.67. The molecule has 1 aliphatic carbocycles. The van der Waals surface area contributed by atoms with Gasteiger partial charge >= 0.3 is 5.97 Å². The average molecular weight is 339 g/mol. The van der Waals surface area contributed by atoms with E-state index in [1.165, 1.54) is 7.11 Å². The van der Waals surface area contributed by atoms with Gasteiger partial charge in [-0.05, 0) is 45.4 Å². The van der Waals surface area contributed by atoms with Crippen LogP contribution in [0.3, 0.4) is 0 Å². The number of hydrogen-bond acceptors (Lipinski definition) is 5. The summed E-state index contributed by atoms with van der Waals surface area (Å²) >= 11 is 0. The summed E-state index contributed by atoms with van der Waals surface area (Å²) in [5, 5.41) is 5.62. The van der Waals surface area contributed by atoms with Crippen molar-refractivity contribution in [1.82, 2.24) is 10.6 Å². The molecule has 0 spiro atoms. The van der Waals surface area contributed by atoms with Crippen LogP contribution in [0.2, 0.25) is 0 Å². The SMILES string of the molecule is COC(=O)[C@H](CC1CCC(C)(C)NC1=O)NC(=O)[C@@H](N)CC1CC1. The molecule has 0 radical (unpaired) electrons. The number of methoxy groups -OCH3 is 1. The fourth-order valence-electron chi connectivity index (χ4n) is 3.13. The molecule has 2 rings (SSSR count). The lowest BCUT2D eigenvalue weighted by molar-refractivity contribution is -0.146. The molecule has 24 heavy (non-hydrogen) atoms. The Kier molecular flexibility index (Phi) is 5.85. The summed E-state index contributed by atoms with van der Waals surface area (Å²) in [4.78, 5) is 36.5. The molecule has 1 saturated carbocycles. The maximum absolute atomic E-state index is 12.2. The summed E-state index contributed by atoms with van der Waals surface area (Å²) in [5.41, 5.74) is 5.67. The molecule has 7 heteroatoms. The van der Waals surface area contributed by atoms with Gasteiger partial charge in [-0.25, -0.2) is 4.79 Å². The molecule has 3 atom stereocenters. The van der Waals surface area contributed by atoms with Crippen LogP contribution in [0.25, 0.3) is 0 Å². The monoisotopic (exact) mass is 339 g/mol. The number of esters is 1. The largest absolute Gasteiger partial charge is 0.467 e. The van der Waals surface area contributed by atoms with Crippen LogP contribution in [-0.4, -0.2) is 42.5 Å². The summed E-state index contributed by atoms with van der Waals surface area (Å²) in [5.74, 6) is -0.777. The molecule has 7 nitrogen and oxygen atoms in total. The van der Waals surface area contributed by atoms with E-state index >= 15 is 0 Å². The first-order chi connectivity index (χ1) is 11.2. The van der Waals surface area contributed by atoms with Crippen LogP contribution in [-0.2, 0) is 19.1 Å². The number of hydrogen-bond donors (Lipinski definition) is 3. The van der Waals surface area contributed by atoms with Crippen molar-refractivity contribution in [2.75, 3.05) is 7.11 Å². The van der Waals surface area contributed by atoms with Crippen molar-refractivity contribution in [1.29, 1.82) is 0 Å². The molecule has 4 N–H and O–H groups in total. The zero-order valence-corrected chi connectivity index (χ0v) is 14.8. The number of ether oxygens (including phenoxy) is 1. The second-order valence-electron chi connectivity index (χ2n) is 7.71. The van der Waals surface area contributed by atoms with Crippen molar-refractivity contribution in [3.63, 3.8) is 0 Å². The summed E-state index contributed by atoms with van der Waals surface area (Å²) < 4.78 is 4.78. The summed E-state index contributed by atoms with van der Waals surface area (Å²) in [7, 11) is 1.27. The van der Waals surface area contributed by atoms with Crippen LogP contribution in [0.4, 0.5) is 0 Å². The molecule has 0 aromatic rings. The normalized spacial score (nSPS) is 25.3. The van der Waals surface area contributed by atoms with E-state index in [0.717, 1.165) is 19.3 Å². The number of carbonyl (C=O) groups excluding carboxylic acids is 3. The molecule has 0 aromatic carbocycles. The molecule has 2 fully saturated rings. The second-order valence-corrected chi connectivity index (χ2v) is 7.71. The van der Waals surface area contributed by atoms with E-state index in [1.54, 1.807) is 0 Å². The van der Waals surface area contributed by atoms with E-state index in [-0.39, 0.29) is 29.7 Å². The summed E-state index contributed by atoms with van der Waals surface area (Å²) in [6, 6.07) is -1.46. The Hall–Kier alpha value is -1.63. The number of rotatable bonds is 7. The predicted molar refractivity (Wildman–Crippen MR) is 88.8 cm³/mol. The van der Waals surface area contributed by atoms with Crippen molar-refractivity contribution < 1.29 is 19.1 Å². The first-order valence-electron chi connectivity index (χ1n) is 8.67. The third-order valence-corrected chi connectivity index (χ3v) is 4.89. The van der Waals surface area contributed by atoms with E-state index in [2.05, 4.69) is 10.6 Å². The fraction of sp³-hybridized carbons (Fsp3) is 0.824. The Morgan fingerprint density at radius 2 is 2.00 bits per heavy atom. The van der Waals surface area contributed by atoms with Crippen LogP contribution >= 0.6 is 0 Å². The van der Waals surface area contributed by atoms with E-state index in [9.17, 15) is 14.4 Å². The number of carbonyl (C=O) groups is 3. The number of piperidine rings is 1. The van der Waals surface area contributed by atoms with Gasteiger partial charge in [0, 0.05) is 11.5 Å². The lowest BCUT2D eigenvalue weighted by Crippen LogP contribution is -2.54. The van der Waals surface area contributed by atoms with Gasteiger partial charge in [0.05, 0.1) is 13.2 Å². The van der Waals surface area contributed by atoms with Gasteiger partial charge in [-0.2, -0.15) is 0 Å². The Morgan fingerprint density at radius 3 is 2.54 bits per heavy atom. The molecular formula is C17H29N3O4. The maximum Gasteiger partial charge on any atom is 0.328 e. The second kappa shape index (κ2) is 7.51. The lowest BCUT2D eigenvalue weighted by atomic mass is 9.83. The van der Waals surface area contributed by atoms with Crippen molar-refractivity contribution in [2.45, 2.75) is 70.0 Å². The zero-order chi connectivity index (χ0) is 17.9. The highest BCUT2D eigenvalue weighted by Gasteiger charge is 2.37. The minimum Gasteiger partial charge on any atom is -0.467 e. The van der Waals surface area contributed by atoms with Crippen molar-refractivity contribution in [3.05, 3.63) is 0 Å². The number of nitrogens with one attached hydrogen (secondary N) is 2. The van der Waals surface area contributed by atoms with Gasteiger partial charge < -0.3 is 21.1 Å². The topological polar surface area (TPSA) is 111 Å². The Labute approximate surface area is 143 Å². The first kappa shape index (κ1) is 18.7. The van der Waals surface area contributed by atoms with Crippen LogP contribution in [0, 0.1) is 11.8 Å². The molecule has 2 aliphatic rings. The van der Waals surface area contributed by atoms with Gasteiger partial charge in [0.15, 0.2) is 0 Å². The Morgan fingerprint density at radius 1 is 1.33 bits per heavy atom. The molecule has 1 heterocycles. The van der Waals surface area contributed by atoms with Gasteiger partial charge in [-0.3, -0.25) is 9.59 Å². The molecule has 0 aromatic heterocycles. The van der Waals surface area contributed by atoms with Crippen LogP contribution in [0.15, 0.2) is 0 Å². The van der Waals surface area contributed by atoms with Gasteiger partial charge in [0.25, 0.3) is 0 Å². The molecule has 136 valence electrons. The van der Waals surface area contributed by atoms with Crippen LogP contribution in [0.5, 0.6) is 0 Å². The predicted octanol–water partition coefficient (Wildman–Crippen LogP) is 0.467. The molecule has 0 bridgehead atoms. The maximum atomic E-state index is 12.2. The van der Waals surface area contributed by atoms with Crippen molar-refractivity contribution >= 4 is 17.8 Å². The van der Waals surface area contributed by atoms with Gasteiger partial charge in [0.2, 0.25) is 11.8 Å². The Balaban J connectivity index is 1.94. The fourth-order valence-corrected chi connectivity index (χ4v) is 3.13. The average Bonchev–Trinajstić information content (AvgIpc) is 3.31. The van der Waals surface area contributed by atoms with Crippen LogP contribution in [0.1, 0.15) is 52.4 Å². The molecular weight excluding hydrogens is 310 g/mol. The van der Waals surface area contributed by atoms with Crippen LogP contribution < -0.4 is 16.4 Å². The standard InChI is InChI=1S/C17H29N3O4/c1-17(2)7-6-11(14(21)20-17)9-13(16(23)24-3)19-15(22)12(18)8-10-4-5-10/h10-13H,4-9,18H2,1-3H3,(H,19,22)(H,20,21)/t11?,12-,13-/m0/s1. The minimum atomic E-state index is -0.843. The minimum absolute atomic E-state index is 0.0864. The van der Waals surface area contributed by atoms with E-state index in [4.69, 9.17) is 10.5 Å².